The van der Waals surface area contributed by atoms with E-state index in [1.54, 1.807) is 49.6 Å². The fraction of sp³-hybridized carbons (Fsp3) is 0.125. The maximum Gasteiger partial charge on any atom is 0.273 e. The number of aromatic nitrogens is 3. The summed E-state index contributed by atoms with van der Waals surface area (Å²) in [5.41, 5.74) is 2.88. The second-order valence-corrected chi connectivity index (χ2v) is 10.5. The summed E-state index contributed by atoms with van der Waals surface area (Å²) in [5.74, 6) is 0.121. The molecule has 0 aliphatic heterocycles. The fourth-order valence-electron chi connectivity index (χ4n) is 4.41. The molecule has 3 aromatic carbocycles. The number of hydrogen-bond acceptors (Lipinski definition) is 6. The Morgan fingerprint density at radius 1 is 1.07 bits per heavy atom. The zero-order chi connectivity index (χ0) is 29.6. The zero-order valence-electron chi connectivity index (χ0n) is 22.8. The van der Waals surface area contributed by atoms with Crippen LogP contribution in [0.5, 0.6) is 5.75 Å². The number of carbonyl (C=O) groups excluding carboxylic acids is 1. The van der Waals surface area contributed by atoms with Crippen LogP contribution >= 0.6 is 11.8 Å². The highest BCUT2D eigenvalue weighted by Gasteiger charge is 2.24. The first-order valence-corrected chi connectivity index (χ1v) is 14.0. The van der Waals surface area contributed by atoms with Crippen molar-refractivity contribution in [1.29, 1.82) is 5.26 Å². The molecule has 0 radical (unpaired) electrons. The molecular formula is C32H26FN5O3S. The molecule has 2 aromatic heterocycles. The van der Waals surface area contributed by atoms with Crippen molar-refractivity contribution in [2.24, 2.45) is 0 Å². The number of anilines is 1. The standard InChI is InChI=1S/C32H26FN5O3S/c1-3-28(31(40)36-29-18-30(39)38(37-29)23-10-5-4-6-11-23)42-32-26(19-34)25(21-8-7-9-22(33)16-21)17-27(35-32)20-12-14-24(41-2)15-13-20/h4-18,28,37H,3H2,1-2H3,(H,36,40). The fourth-order valence-corrected chi connectivity index (χ4v) is 5.43. The van der Waals surface area contributed by atoms with Gasteiger partial charge in [-0.2, -0.15) is 5.26 Å². The molecule has 2 heterocycles. The van der Waals surface area contributed by atoms with Gasteiger partial charge >= 0.3 is 0 Å². The molecule has 0 fully saturated rings. The van der Waals surface area contributed by atoms with Gasteiger partial charge in [0.15, 0.2) is 0 Å². The molecule has 2 N–H and O–H groups in total. The summed E-state index contributed by atoms with van der Waals surface area (Å²) in [7, 11) is 1.58. The molecule has 210 valence electrons. The lowest BCUT2D eigenvalue weighted by Crippen LogP contribution is -2.25. The minimum Gasteiger partial charge on any atom is -0.497 e. The van der Waals surface area contributed by atoms with Crippen molar-refractivity contribution in [3.63, 3.8) is 0 Å². The number of halogens is 1. The van der Waals surface area contributed by atoms with Crippen molar-refractivity contribution >= 4 is 23.5 Å². The third kappa shape index (κ3) is 6.11. The number of ether oxygens (including phenoxy) is 1. The highest BCUT2D eigenvalue weighted by molar-refractivity contribution is 8.00. The van der Waals surface area contributed by atoms with Gasteiger partial charge in [0.05, 0.1) is 29.3 Å². The number of methoxy groups -OCH3 is 1. The van der Waals surface area contributed by atoms with Gasteiger partial charge < -0.3 is 10.1 Å². The van der Waals surface area contributed by atoms with Crippen LogP contribution in [-0.2, 0) is 4.79 Å². The van der Waals surface area contributed by atoms with Crippen molar-refractivity contribution in [1.82, 2.24) is 14.8 Å². The Kier molecular flexibility index (Phi) is 8.50. The minimum absolute atomic E-state index is 0.234. The molecule has 1 amide bonds. The second-order valence-electron chi connectivity index (χ2n) is 9.27. The van der Waals surface area contributed by atoms with Crippen LogP contribution in [0.1, 0.15) is 18.9 Å². The Hall–Kier alpha value is -5.14. The number of nitrogens with zero attached hydrogens (tertiary/aromatic N) is 3. The third-order valence-corrected chi connectivity index (χ3v) is 7.88. The van der Waals surface area contributed by atoms with Gasteiger partial charge in [-0.15, -0.1) is 0 Å². The molecule has 0 saturated heterocycles. The van der Waals surface area contributed by atoms with Crippen LogP contribution in [0, 0.1) is 17.1 Å². The molecule has 1 unspecified atom stereocenters. The summed E-state index contributed by atoms with van der Waals surface area (Å²) in [5, 5.41) is 15.6. The van der Waals surface area contributed by atoms with E-state index in [4.69, 9.17) is 9.72 Å². The van der Waals surface area contributed by atoms with Gasteiger partial charge in [0.2, 0.25) is 5.91 Å². The summed E-state index contributed by atoms with van der Waals surface area (Å²) in [6.45, 7) is 1.85. The van der Waals surface area contributed by atoms with Crippen molar-refractivity contribution in [3.05, 3.63) is 113 Å². The van der Waals surface area contributed by atoms with Gasteiger partial charge in [-0.05, 0) is 66.6 Å². The van der Waals surface area contributed by atoms with Crippen molar-refractivity contribution in [3.8, 4) is 39.9 Å². The molecular weight excluding hydrogens is 553 g/mol. The van der Waals surface area contributed by atoms with E-state index in [1.165, 1.54) is 22.9 Å². The maximum absolute atomic E-state index is 14.2. The van der Waals surface area contributed by atoms with Gasteiger partial charge in [0.1, 0.15) is 28.5 Å². The number of thioether (sulfide) groups is 1. The van der Waals surface area contributed by atoms with E-state index in [0.29, 0.717) is 39.7 Å². The number of pyridine rings is 1. The van der Waals surface area contributed by atoms with Gasteiger partial charge in [-0.1, -0.05) is 49.0 Å². The van der Waals surface area contributed by atoms with Gasteiger partial charge in [0, 0.05) is 17.2 Å². The number of nitrogens with one attached hydrogen (secondary N) is 2. The van der Waals surface area contributed by atoms with E-state index in [1.807, 2.05) is 37.3 Å². The molecule has 5 aromatic rings. The van der Waals surface area contributed by atoms with Gasteiger partial charge in [-0.25, -0.2) is 14.1 Å². The maximum atomic E-state index is 14.2. The van der Waals surface area contributed by atoms with Crippen LogP contribution in [0.3, 0.4) is 0 Å². The topological polar surface area (TPSA) is 113 Å². The predicted octanol–water partition coefficient (Wildman–Crippen LogP) is 6.42. The summed E-state index contributed by atoms with van der Waals surface area (Å²) in [6, 6.07) is 27.6. The van der Waals surface area contributed by atoms with Crippen LogP contribution in [-0.4, -0.2) is 33.0 Å². The van der Waals surface area contributed by atoms with Crippen LogP contribution < -0.4 is 15.6 Å². The first kappa shape index (κ1) is 28.4. The average Bonchev–Trinajstić information content (AvgIpc) is 3.39. The third-order valence-electron chi connectivity index (χ3n) is 6.53. The SMILES string of the molecule is CCC(Sc1nc(-c2ccc(OC)cc2)cc(-c2cccc(F)c2)c1C#N)C(=O)Nc1cc(=O)n(-c2ccccc2)[nH]1. The van der Waals surface area contributed by atoms with Crippen molar-refractivity contribution < 1.29 is 13.9 Å². The van der Waals surface area contributed by atoms with Crippen molar-refractivity contribution in [2.75, 3.05) is 12.4 Å². The minimum atomic E-state index is -0.653. The van der Waals surface area contributed by atoms with E-state index in [9.17, 15) is 19.2 Å². The lowest BCUT2D eigenvalue weighted by Gasteiger charge is -2.17. The quantitative estimate of drug-likeness (QED) is 0.195. The zero-order valence-corrected chi connectivity index (χ0v) is 23.6. The number of rotatable bonds is 9. The van der Waals surface area contributed by atoms with Gasteiger partial charge in [-0.3, -0.25) is 14.7 Å². The Morgan fingerprint density at radius 3 is 2.50 bits per heavy atom. The first-order chi connectivity index (χ1) is 20.4. The Morgan fingerprint density at radius 2 is 1.83 bits per heavy atom. The molecule has 0 aliphatic rings. The number of aromatic amines is 1. The van der Waals surface area contributed by atoms with E-state index in [0.717, 1.165) is 17.3 Å². The summed E-state index contributed by atoms with van der Waals surface area (Å²) < 4.78 is 20.8. The van der Waals surface area contributed by atoms with E-state index < -0.39 is 11.1 Å². The monoisotopic (exact) mass is 579 g/mol. The Bertz CT molecular complexity index is 1830. The lowest BCUT2D eigenvalue weighted by molar-refractivity contribution is -0.115. The molecule has 1 atom stereocenters. The Balaban J connectivity index is 1.50. The summed E-state index contributed by atoms with van der Waals surface area (Å²) in [6.07, 6.45) is 0.411. The molecule has 42 heavy (non-hydrogen) atoms. The number of benzene rings is 3. The number of amides is 1. The molecule has 5 rings (SSSR count). The summed E-state index contributed by atoms with van der Waals surface area (Å²) >= 11 is 1.14. The average molecular weight is 580 g/mol. The highest BCUT2D eigenvalue weighted by Crippen LogP contribution is 2.37. The molecule has 0 saturated carbocycles. The Labute approximate surface area is 245 Å². The smallest absolute Gasteiger partial charge is 0.273 e. The van der Waals surface area contributed by atoms with Crippen molar-refractivity contribution in [2.45, 2.75) is 23.6 Å². The largest absolute Gasteiger partial charge is 0.497 e. The van der Waals surface area contributed by atoms with Crippen LogP contribution in [0.4, 0.5) is 10.2 Å². The number of nitriles is 1. The summed E-state index contributed by atoms with van der Waals surface area (Å²) in [4.78, 5) is 30.7. The second kappa shape index (κ2) is 12.6. The first-order valence-electron chi connectivity index (χ1n) is 13.1. The number of H-pyrrole nitrogens is 1. The molecule has 0 spiro atoms. The van der Waals surface area contributed by atoms with Crippen LogP contribution in [0.15, 0.2) is 101 Å². The number of para-hydroxylation sites is 1. The molecule has 0 aliphatic carbocycles. The molecule has 8 nitrogen and oxygen atoms in total. The number of carbonyl (C=O) groups is 1. The predicted molar refractivity (Wildman–Crippen MR) is 161 cm³/mol. The van der Waals surface area contributed by atoms with E-state index >= 15 is 0 Å². The van der Waals surface area contributed by atoms with Gasteiger partial charge in [0.25, 0.3) is 5.56 Å². The lowest BCUT2D eigenvalue weighted by atomic mass is 9.99. The highest BCUT2D eigenvalue weighted by atomic mass is 32.2. The van der Waals surface area contributed by atoms with Crippen LogP contribution in [0.25, 0.3) is 28.1 Å². The number of hydrogen-bond donors (Lipinski definition) is 2. The van der Waals surface area contributed by atoms with E-state index in [2.05, 4.69) is 16.5 Å². The van der Waals surface area contributed by atoms with Crippen LogP contribution in [0.2, 0.25) is 0 Å². The molecule has 0 bridgehead atoms. The normalized spacial score (nSPS) is 11.5. The van der Waals surface area contributed by atoms with E-state index in [-0.39, 0.29) is 22.8 Å². The molecule has 10 heteroatoms.